The van der Waals surface area contributed by atoms with Crippen molar-refractivity contribution in [2.45, 2.75) is 0 Å². The summed E-state index contributed by atoms with van der Waals surface area (Å²) in [5.74, 6) is 1.07. The molecule has 0 aliphatic rings. The molecule has 2 aromatic carbocycles. The lowest BCUT2D eigenvalue weighted by molar-refractivity contribution is 0.415. The zero-order valence-corrected chi connectivity index (χ0v) is 12.2. The van der Waals surface area contributed by atoms with Crippen molar-refractivity contribution in [2.75, 3.05) is 7.11 Å². The number of aromatic amines is 1. The first kappa shape index (κ1) is 13.9. The van der Waals surface area contributed by atoms with Crippen molar-refractivity contribution in [3.63, 3.8) is 0 Å². The van der Waals surface area contributed by atoms with Crippen molar-refractivity contribution >= 4 is 12.2 Å². The zero-order chi connectivity index (χ0) is 15.4. The van der Waals surface area contributed by atoms with Crippen LogP contribution in [0.15, 0.2) is 54.6 Å². The number of H-pyrrole nitrogens is 1. The molecule has 0 saturated carbocycles. The Bertz CT molecular complexity index is 789. The van der Waals surface area contributed by atoms with Crippen molar-refractivity contribution in [3.8, 4) is 22.8 Å². The Kier molecular flexibility index (Phi) is 3.92. The van der Waals surface area contributed by atoms with E-state index in [2.05, 4.69) is 10.2 Å². The summed E-state index contributed by atoms with van der Waals surface area (Å²) in [6, 6.07) is 16.8. The van der Waals surface area contributed by atoms with Crippen molar-refractivity contribution in [2.24, 2.45) is 0 Å². The van der Waals surface area contributed by atoms with Crippen LogP contribution in [-0.2, 0) is 0 Å². The van der Waals surface area contributed by atoms with Crippen LogP contribution in [-0.4, -0.2) is 22.4 Å². The quantitative estimate of drug-likeness (QED) is 0.765. The van der Waals surface area contributed by atoms with Crippen LogP contribution in [0.1, 0.15) is 11.3 Å². The highest BCUT2D eigenvalue weighted by Gasteiger charge is 2.03. The molecule has 110 valence electrons. The van der Waals surface area contributed by atoms with Gasteiger partial charge in [-0.3, -0.25) is 5.10 Å². The van der Waals surface area contributed by atoms with Crippen LogP contribution in [0.4, 0.5) is 0 Å². The smallest absolute Gasteiger partial charge is 0.119 e. The molecule has 3 rings (SSSR count). The van der Waals surface area contributed by atoms with Gasteiger partial charge in [0.05, 0.1) is 18.5 Å². The molecule has 0 amide bonds. The molecule has 2 N–H and O–H groups in total. The Morgan fingerprint density at radius 2 is 1.86 bits per heavy atom. The van der Waals surface area contributed by atoms with Crippen LogP contribution >= 0.6 is 0 Å². The number of benzene rings is 2. The SMILES string of the molecule is COc1cccc(-c2cc(/C=C/c3ccc(O)cc3)n[nH]2)c1. The molecule has 0 unspecified atom stereocenters. The fourth-order valence-corrected chi connectivity index (χ4v) is 2.13. The minimum Gasteiger partial charge on any atom is -0.508 e. The Labute approximate surface area is 128 Å². The maximum absolute atomic E-state index is 9.26. The van der Waals surface area contributed by atoms with E-state index in [0.29, 0.717) is 0 Å². The molecule has 0 radical (unpaired) electrons. The van der Waals surface area contributed by atoms with Crippen LogP contribution in [0.2, 0.25) is 0 Å². The third-order valence-electron chi connectivity index (χ3n) is 3.32. The minimum atomic E-state index is 0.261. The van der Waals surface area contributed by atoms with E-state index < -0.39 is 0 Å². The Morgan fingerprint density at radius 1 is 1.05 bits per heavy atom. The molecular formula is C18H16N2O2. The first-order chi connectivity index (χ1) is 10.7. The summed E-state index contributed by atoms with van der Waals surface area (Å²) in [7, 11) is 1.65. The fourth-order valence-electron chi connectivity index (χ4n) is 2.13. The van der Waals surface area contributed by atoms with Crippen molar-refractivity contribution < 1.29 is 9.84 Å². The van der Waals surface area contributed by atoms with Gasteiger partial charge in [0.15, 0.2) is 0 Å². The van der Waals surface area contributed by atoms with Gasteiger partial charge in [-0.05, 0) is 42.0 Å². The van der Waals surface area contributed by atoms with Crippen molar-refractivity contribution in [3.05, 3.63) is 65.9 Å². The second-order valence-corrected chi connectivity index (χ2v) is 4.86. The van der Waals surface area contributed by atoms with Crippen LogP contribution in [0.3, 0.4) is 0 Å². The average Bonchev–Trinajstić information content (AvgIpc) is 3.03. The lowest BCUT2D eigenvalue weighted by Crippen LogP contribution is -1.83. The van der Waals surface area contributed by atoms with Gasteiger partial charge in [0, 0.05) is 5.56 Å². The molecule has 0 spiro atoms. The van der Waals surface area contributed by atoms with Crippen molar-refractivity contribution in [1.29, 1.82) is 0 Å². The lowest BCUT2D eigenvalue weighted by atomic mass is 10.1. The van der Waals surface area contributed by atoms with Gasteiger partial charge in [-0.1, -0.05) is 30.3 Å². The predicted octanol–water partition coefficient (Wildman–Crippen LogP) is 3.96. The number of ether oxygens (including phenoxy) is 1. The molecule has 1 aromatic heterocycles. The topological polar surface area (TPSA) is 58.1 Å². The monoisotopic (exact) mass is 292 g/mol. The van der Waals surface area contributed by atoms with E-state index >= 15 is 0 Å². The van der Waals surface area contributed by atoms with Crippen LogP contribution in [0.25, 0.3) is 23.4 Å². The molecule has 3 aromatic rings. The van der Waals surface area contributed by atoms with Gasteiger partial charge < -0.3 is 9.84 Å². The molecule has 22 heavy (non-hydrogen) atoms. The maximum atomic E-state index is 9.26. The molecule has 0 aliphatic heterocycles. The van der Waals surface area contributed by atoms with Gasteiger partial charge in [-0.25, -0.2) is 0 Å². The highest BCUT2D eigenvalue weighted by atomic mass is 16.5. The number of aromatic hydroxyl groups is 1. The zero-order valence-electron chi connectivity index (χ0n) is 12.2. The van der Waals surface area contributed by atoms with Gasteiger partial charge in [-0.2, -0.15) is 5.10 Å². The van der Waals surface area contributed by atoms with E-state index in [1.54, 1.807) is 19.2 Å². The van der Waals surface area contributed by atoms with E-state index in [9.17, 15) is 5.11 Å². The van der Waals surface area contributed by atoms with Gasteiger partial charge in [-0.15, -0.1) is 0 Å². The highest BCUT2D eigenvalue weighted by molar-refractivity contribution is 5.71. The van der Waals surface area contributed by atoms with Gasteiger partial charge in [0.1, 0.15) is 11.5 Å². The van der Waals surface area contributed by atoms with E-state index in [1.807, 2.05) is 54.6 Å². The lowest BCUT2D eigenvalue weighted by Gasteiger charge is -2.01. The second-order valence-electron chi connectivity index (χ2n) is 4.86. The summed E-state index contributed by atoms with van der Waals surface area (Å²) in [6.45, 7) is 0. The first-order valence-corrected chi connectivity index (χ1v) is 6.91. The number of hydrogen-bond acceptors (Lipinski definition) is 3. The third-order valence-corrected chi connectivity index (χ3v) is 3.32. The van der Waals surface area contributed by atoms with Crippen molar-refractivity contribution in [1.82, 2.24) is 10.2 Å². The van der Waals surface area contributed by atoms with E-state index in [4.69, 9.17) is 4.74 Å². The molecule has 0 atom stereocenters. The van der Waals surface area contributed by atoms with Gasteiger partial charge in [0.25, 0.3) is 0 Å². The van der Waals surface area contributed by atoms with E-state index in [1.165, 1.54) is 0 Å². The molecule has 1 heterocycles. The molecule has 4 heteroatoms. The minimum absolute atomic E-state index is 0.261. The Hall–Kier alpha value is -3.01. The molecule has 0 fully saturated rings. The van der Waals surface area contributed by atoms with Crippen LogP contribution in [0.5, 0.6) is 11.5 Å². The van der Waals surface area contributed by atoms with E-state index in [-0.39, 0.29) is 5.75 Å². The first-order valence-electron chi connectivity index (χ1n) is 6.91. The molecule has 0 bridgehead atoms. The standard InChI is InChI=1S/C18H16N2O2/c1-22-17-4-2-3-14(11-17)18-12-15(19-20-18)8-5-13-6-9-16(21)10-7-13/h2-12,21H,1H3,(H,19,20)/b8-5+. The summed E-state index contributed by atoms with van der Waals surface area (Å²) in [5, 5.41) is 16.6. The second kappa shape index (κ2) is 6.18. The molecule has 0 aliphatic carbocycles. The number of rotatable bonds is 4. The highest BCUT2D eigenvalue weighted by Crippen LogP contribution is 2.23. The largest absolute Gasteiger partial charge is 0.508 e. The Morgan fingerprint density at radius 3 is 2.64 bits per heavy atom. The number of nitrogens with one attached hydrogen (secondary N) is 1. The molecule has 4 nitrogen and oxygen atoms in total. The van der Waals surface area contributed by atoms with Gasteiger partial charge >= 0.3 is 0 Å². The van der Waals surface area contributed by atoms with Gasteiger partial charge in [0.2, 0.25) is 0 Å². The van der Waals surface area contributed by atoms with Crippen LogP contribution < -0.4 is 4.74 Å². The summed E-state index contributed by atoms with van der Waals surface area (Å²) < 4.78 is 5.23. The maximum Gasteiger partial charge on any atom is 0.119 e. The summed E-state index contributed by atoms with van der Waals surface area (Å²) in [5.41, 5.74) is 3.80. The predicted molar refractivity (Wildman–Crippen MR) is 87.6 cm³/mol. The third kappa shape index (κ3) is 3.17. The van der Waals surface area contributed by atoms with E-state index in [0.717, 1.165) is 28.3 Å². The summed E-state index contributed by atoms with van der Waals surface area (Å²) >= 11 is 0. The number of nitrogens with zero attached hydrogens (tertiary/aromatic N) is 1. The summed E-state index contributed by atoms with van der Waals surface area (Å²) in [4.78, 5) is 0. The number of aromatic nitrogens is 2. The normalized spacial score (nSPS) is 11.0. The summed E-state index contributed by atoms with van der Waals surface area (Å²) in [6.07, 6.45) is 3.87. The molecular weight excluding hydrogens is 276 g/mol. The molecule has 0 saturated heterocycles. The Balaban J connectivity index is 1.79. The number of hydrogen-bond donors (Lipinski definition) is 2. The fraction of sp³-hybridized carbons (Fsp3) is 0.0556. The average molecular weight is 292 g/mol. The number of methoxy groups -OCH3 is 1. The number of phenols is 1. The number of phenolic OH excluding ortho intramolecular Hbond substituents is 1. The van der Waals surface area contributed by atoms with Crippen LogP contribution in [0, 0.1) is 0 Å².